The number of para-hydroxylation sites is 1. The molecule has 0 atom stereocenters. The first kappa shape index (κ1) is 15.8. The molecule has 7 rings (SSSR count). The third kappa shape index (κ3) is 2.13. The Hall–Kier alpha value is -4.04. The van der Waals surface area contributed by atoms with E-state index >= 15 is 0 Å². The van der Waals surface area contributed by atoms with E-state index in [9.17, 15) is 0 Å². The summed E-state index contributed by atoms with van der Waals surface area (Å²) < 4.78 is 0. The maximum absolute atomic E-state index is 3.59. The highest BCUT2D eigenvalue weighted by Crippen LogP contribution is 2.36. The highest BCUT2D eigenvalue weighted by Gasteiger charge is 2.11. The first-order chi connectivity index (χ1) is 14.8. The molecule has 2 heterocycles. The molecule has 0 spiro atoms. The average molecular weight is 382 g/mol. The predicted octanol–water partition coefficient (Wildman–Crippen LogP) is 7.78. The van der Waals surface area contributed by atoms with Gasteiger partial charge in [0.2, 0.25) is 0 Å². The van der Waals surface area contributed by atoms with Gasteiger partial charge in [-0.25, -0.2) is 0 Å². The van der Waals surface area contributed by atoms with E-state index in [2.05, 4.69) is 107 Å². The van der Waals surface area contributed by atoms with Gasteiger partial charge in [0, 0.05) is 43.6 Å². The lowest BCUT2D eigenvalue weighted by atomic mass is 9.99. The van der Waals surface area contributed by atoms with Crippen molar-refractivity contribution in [2.24, 2.45) is 0 Å². The van der Waals surface area contributed by atoms with Crippen LogP contribution in [0.15, 0.2) is 97.1 Å². The summed E-state index contributed by atoms with van der Waals surface area (Å²) in [4.78, 5) is 7.11. The molecule has 0 saturated carbocycles. The zero-order valence-corrected chi connectivity index (χ0v) is 16.2. The molecule has 0 aliphatic carbocycles. The number of hydrogen-bond donors (Lipinski definition) is 2. The van der Waals surface area contributed by atoms with E-state index in [0.29, 0.717) is 0 Å². The number of benzene rings is 5. The first-order valence-corrected chi connectivity index (χ1v) is 10.3. The molecule has 2 aromatic heterocycles. The number of rotatable bonds is 1. The summed E-state index contributed by atoms with van der Waals surface area (Å²) in [7, 11) is 0. The van der Waals surface area contributed by atoms with Gasteiger partial charge in [-0.2, -0.15) is 0 Å². The highest BCUT2D eigenvalue weighted by molar-refractivity contribution is 6.20. The van der Waals surface area contributed by atoms with E-state index in [0.717, 1.165) is 0 Å². The fourth-order valence-corrected chi connectivity index (χ4v) is 4.88. The van der Waals surface area contributed by atoms with Crippen molar-refractivity contribution >= 4 is 54.4 Å². The summed E-state index contributed by atoms with van der Waals surface area (Å²) in [6.07, 6.45) is 0. The standard InChI is InChI=1S/C28H18N2/c1-2-6-20-17(5-1)9-14-27-28(20)23-16-19(11-13-26(23)30-27)18-10-12-25-22(15-18)21-7-3-4-8-24(21)29-25/h1-16,29-30H. The number of aromatic amines is 2. The maximum atomic E-state index is 3.59. The lowest BCUT2D eigenvalue weighted by molar-refractivity contribution is 1.54. The van der Waals surface area contributed by atoms with Gasteiger partial charge in [0.15, 0.2) is 0 Å². The summed E-state index contributed by atoms with van der Waals surface area (Å²) in [5.41, 5.74) is 7.21. The van der Waals surface area contributed by atoms with Crippen LogP contribution in [0.2, 0.25) is 0 Å². The Bertz CT molecular complexity index is 1750. The molecule has 0 fully saturated rings. The van der Waals surface area contributed by atoms with Crippen molar-refractivity contribution in [2.75, 3.05) is 0 Å². The Morgan fingerprint density at radius 3 is 1.87 bits per heavy atom. The summed E-state index contributed by atoms with van der Waals surface area (Å²) in [6.45, 7) is 0. The smallest absolute Gasteiger partial charge is 0.0471 e. The van der Waals surface area contributed by atoms with Crippen LogP contribution in [0.5, 0.6) is 0 Å². The van der Waals surface area contributed by atoms with Crippen LogP contribution in [-0.4, -0.2) is 9.97 Å². The Morgan fingerprint density at radius 2 is 1.00 bits per heavy atom. The van der Waals surface area contributed by atoms with Crippen molar-refractivity contribution in [3.63, 3.8) is 0 Å². The Balaban J connectivity index is 1.52. The molecular weight excluding hydrogens is 364 g/mol. The van der Waals surface area contributed by atoms with Gasteiger partial charge in [0.25, 0.3) is 0 Å². The van der Waals surface area contributed by atoms with Crippen LogP contribution in [0, 0.1) is 0 Å². The SMILES string of the molecule is c1ccc2c(c1)ccc1[nH]c3ccc(-c4ccc5[nH]c6ccccc6c5c4)cc3c12. The molecule has 2 N–H and O–H groups in total. The van der Waals surface area contributed by atoms with Crippen LogP contribution in [0.25, 0.3) is 65.5 Å². The van der Waals surface area contributed by atoms with Crippen molar-refractivity contribution in [2.45, 2.75) is 0 Å². The Labute approximate surface area is 172 Å². The Kier molecular flexibility index (Phi) is 3.03. The minimum absolute atomic E-state index is 1.18. The average Bonchev–Trinajstić information content (AvgIpc) is 3.36. The van der Waals surface area contributed by atoms with E-state index in [1.165, 1.54) is 65.5 Å². The van der Waals surface area contributed by atoms with Gasteiger partial charge in [-0.3, -0.25) is 0 Å². The largest absolute Gasteiger partial charge is 0.355 e. The lowest BCUT2D eigenvalue weighted by Crippen LogP contribution is -1.79. The fourth-order valence-electron chi connectivity index (χ4n) is 4.88. The van der Waals surface area contributed by atoms with E-state index in [-0.39, 0.29) is 0 Å². The first-order valence-electron chi connectivity index (χ1n) is 10.3. The van der Waals surface area contributed by atoms with Crippen LogP contribution in [0.4, 0.5) is 0 Å². The molecule has 0 aliphatic heterocycles. The molecule has 0 unspecified atom stereocenters. The Morgan fingerprint density at radius 1 is 0.400 bits per heavy atom. The second-order valence-electron chi connectivity index (χ2n) is 8.03. The molecular formula is C28H18N2. The van der Waals surface area contributed by atoms with Gasteiger partial charge < -0.3 is 9.97 Å². The third-order valence-corrected chi connectivity index (χ3v) is 6.33. The van der Waals surface area contributed by atoms with E-state index in [1.807, 2.05) is 0 Å². The van der Waals surface area contributed by atoms with Gasteiger partial charge in [-0.15, -0.1) is 0 Å². The fraction of sp³-hybridized carbons (Fsp3) is 0. The number of fused-ring (bicyclic) bond motifs is 8. The monoisotopic (exact) mass is 382 g/mol. The van der Waals surface area contributed by atoms with Crippen LogP contribution in [0.1, 0.15) is 0 Å². The molecule has 2 nitrogen and oxygen atoms in total. The van der Waals surface area contributed by atoms with Crippen molar-refractivity contribution < 1.29 is 0 Å². The normalized spacial score (nSPS) is 12.0. The van der Waals surface area contributed by atoms with Crippen molar-refractivity contribution in [1.82, 2.24) is 9.97 Å². The lowest BCUT2D eigenvalue weighted by Gasteiger charge is -2.04. The van der Waals surface area contributed by atoms with Crippen LogP contribution < -0.4 is 0 Å². The molecule has 7 aromatic rings. The van der Waals surface area contributed by atoms with Crippen LogP contribution in [0.3, 0.4) is 0 Å². The summed E-state index contributed by atoms with van der Waals surface area (Å²) >= 11 is 0. The predicted molar refractivity (Wildman–Crippen MR) is 128 cm³/mol. The summed E-state index contributed by atoms with van der Waals surface area (Å²) in [5, 5.41) is 7.69. The molecule has 140 valence electrons. The van der Waals surface area contributed by atoms with Crippen LogP contribution in [-0.2, 0) is 0 Å². The minimum Gasteiger partial charge on any atom is -0.355 e. The zero-order valence-electron chi connectivity index (χ0n) is 16.2. The number of hydrogen-bond acceptors (Lipinski definition) is 0. The minimum atomic E-state index is 1.18. The van der Waals surface area contributed by atoms with E-state index < -0.39 is 0 Å². The summed E-state index contributed by atoms with van der Waals surface area (Å²) in [6, 6.07) is 35.0. The van der Waals surface area contributed by atoms with Crippen LogP contribution >= 0.6 is 0 Å². The molecule has 2 heteroatoms. The van der Waals surface area contributed by atoms with Crippen molar-refractivity contribution in [3.8, 4) is 11.1 Å². The zero-order chi connectivity index (χ0) is 19.7. The second-order valence-corrected chi connectivity index (χ2v) is 8.03. The van der Waals surface area contributed by atoms with E-state index in [1.54, 1.807) is 0 Å². The highest BCUT2D eigenvalue weighted by atomic mass is 14.7. The number of H-pyrrole nitrogens is 2. The molecule has 0 radical (unpaired) electrons. The van der Waals surface area contributed by atoms with Gasteiger partial charge in [-0.05, 0) is 58.3 Å². The quantitative estimate of drug-likeness (QED) is 0.290. The van der Waals surface area contributed by atoms with Crippen molar-refractivity contribution in [3.05, 3.63) is 97.1 Å². The summed E-state index contributed by atoms with van der Waals surface area (Å²) in [5.74, 6) is 0. The number of nitrogens with one attached hydrogen (secondary N) is 2. The van der Waals surface area contributed by atoms with Crippen molar-refractivity contribution in [1.29, 1.82) is 0 Å². The van der Waals surface area contributed by atoms with E-state index in [4.69, 9.17) is 0 Å². The van der Waals surface area contributed by atoms with Gasteiger partial charge >= 0.3 is 0 Å². The molecule has 30 heavy (non-hydrogen) atoms. The molecule has 0 bridgehead atoms. The van der Waals surface area contributed by atoms with Gasteiger partial charge in [0.05, 0.1) is 0 Å². The maximum Gasteiger partial charge on any atom is 0.0471 e. The van der Waals surface area contributed by atoms with Gasteiger partial charge in [0.1, 0.15) is 0 Å². The third-order valence-electron chi connectivity index (χ3n) is 6.33. The molecule has 0 aliphatic rings. The molecule has 5 aromatic carbocycles. The second kappa shape index (κ2) is 5.74. The molecule has 0 saturated heterocycles. The molecule has 0 amide bonds. The van der Waals surface area contributed by atoms with Gasteiger partial charge in [-0.1, -0.05) is 60.7 Å². The number of aromatic nitrogens is 2. The topological polar surface area (TPSA) is 31.6 Å².